The molecule has 0 spiro atoms. The molecule has 0 bridgehead atoms. The Kier molecular flexibility index (Phi) is 3.96. The first-order valence-electron chi connectivity index (χ1n) is 5.32. The van der Waals surface area contributed by atoms with E-state index in [0.29, 0.717) is 13.0 Å². The van der Waals surface area contributed by atoms with Crippen molar-refractivity contribution in [2.75, 3.05) is 6.54 Å². The lowest BCUT2D eigenvalue weighted by Crippen LogP contribution is -2.26. The molecule has 0 radical (unpaired) electrons. The molecule has 0 saturated carbocycles. The van der Waals surface area contributed by atoms with Gasteiger partial charge < -0.3 is 0 Å². The van der Waals surface area contributed by atoms with Gasteiger partial charge in [0, 0.05) is 31.3 Å². The molecule has 0 aromatic carbocycles. The van der Waals surface area contributed by atoms with Crippen LogP contribution in [-0.4, -0.2) is 29.9 Å². The fraction of sp³-hybridized carbons (Fsp3) is 0.182. The van der Waals surface area contributed by atoms with Crippen LogP contribution in [0.15, 0.2) is 48.1 Å². The van der Waals surface area contributed by atoms with Gasteiger partial charge in [0.05, 0.1) is 0 Å². The highest BCUT2D eigenvalue weighted by Gasteiger charge is 2.12. The van der Waals surface area contributed by atoms with Crippen molar-refractivity contribution in [1.82, 2.24) is 19.7 Å². The molecule has 0 fully saturated rings. The normalized spacial score (nSPS) is 11.3. The second kappa shape index (κ2) is 5.65. The molecule has 94 valence electrons. The minimum Gasteiger partial charge on any atom is -0.263 e. The first-order chi connectivity index (χ1) is 8.68. The molecule has 0 saturated heterocycles. The number of aromatic nitrogens is 3. The van der Waals surface area contributed by atoms with Crippen LogP contribution in [0.4, 0.5) is 0 Å². The summed E-state index contributed by atoms with van der Waals surface area (Å²) in [6, 6.07) is 3.08. The Bertz CT molecular complexity index is 587. The van der Waals surface area contributed by atoms with Crippen LogP contribution < -0.4 is 4.72 Å². The van der Waals surface area contributed by atoms with Crippen molar-refractivity contribution in [2.24, 2.45) is 0 Å². The fourth-order valence-corrected chi connectivity index (χ4v) is 2.37. The van der Waals surface area contributed by atoms with Crippen molar-refractivity contribution in [2.45, 2.75) is 11.3 Å². The van der Waals surface area contributed by atoms with Crippen LogP contribution in [0.25, 0.3) is 0 Å². The number of rotatable bonds is 5. The number of hydrogen-bond donors (Lipinski definition) is 1. The molecule has 2 heterocycles. The highest BCUT2D eigenvalue weighted by Crippen LogP contribution is 2.05. The predicted molar refractivity (Wildman–Crippen MR) is 65.2 cm³/mol. The van der Waals surface area contributed by atoms with Crippen molar-refractivity contribution in [3.63, 3.8) is 0 Å². The minimum atomic E-state index is -3.48. The Morgan fingerprint density at radius 2 is 1.89 bits per heavy atom. The van der Waals surface area contributed by atoms with Crippen molar-refractivity contribution in [1.29, 1.82) is 0 Å². The van der Waals surface area contributed by atoms with E-state index >= 15 is 0 Å². The van der Waals surface area contributed by atoms with E-state index in [1.165, 1.54) is 24.8 Å². The molecule has 6 nitrogen and oxygen atoms in total. The molecule has 0 aliphatic rings. The summed E-state index contributed by atoms with van der Waals surface area (Å²) in [6.45, 7) is 0.296. The van der Waals surface area contributed by atoms with E-state index in [4.69, 9.17) is 0 Å². The third-order valence-electron chi connectivity index (χ3n) is 2.26. The van der Waals surface area contributed by atoms with Gasteiger partial charge in [-0.1, -0.05) is 0 Å². The average molecular weight is 264 g/mol. The van der Waals surface area contributed by atoms with Gasteiger partial charge >= 0.3 is 0 Å². The van der Waals surface area contributed by atoms with Crippen LogP contribution in [0.5, 0.6) is 0 Å². The lowest BCUT2D eigenvalue weighted by Gasteiger charge is -2.05. The van der Waals surface area contributed by atoms with Gasteiger partial charge in [-0.3, -0.25) is 4.98 Å². The second-order valence-electron chi connectivity index (χ2n) is 3.58. The Balaban J connectivity index is 1.95. The highest BCUT2D eigenvalue weighted by molar-refractivity contribution is 7.89. The van der Waals surface area contributed by atoms with Gasteiger partial charge in [0.2, 0.25) is 10.0 Å². The van der Waals surface area contributed by atoms with E-state index in [1.54, 1.807) is 18.5 Å². The van der Waals surface area contributed by atoms with Crippen LogP contribution in [0.3, 0.4) is 0 Å². The van der Waals surface area contributed by atoms with Crippen LogP contribution in [-0.2, 0) is 16.4 Å². The van der Waals surface area contributed by atoms with E-state index in [2.05, 4.69) is 19.7 Å². The molecule has 0 amide bonds. The molecule has 0 atom stereocenters. The minimum absolute atomic E-state index is 0.161. The van der Waals surface area contributed by atoms with Gasteiger partial charge in [-0.05, 0) is 24.1 Å². The first kappa shape index (κ1) is 12.6. The third-order valence-corrected chi connectivity index (χ3v) is 3.71. The smallest absolute Gasteiger partial charge is 0.242 e. The van der Waals surface area contributed by atoms with Crippen molar-refractivity contribution in [3.8, 4) is 0 Å². The highest BCUT2D eigenvalue weighted by atomic mass is 32.2. The standard InChI is InChI=1S/C11H12N4O2S/c16-18(17,11-2-1-4-12-8-11)15-5-3-10-6-13-9-14-7-10/h1-2,4,6-9,15H,3,5H2. The third kappa shape index (κ3) is 3.31. The molecule has 18 heavy (non-hydrogen) atoms. The molecular formula is C11H12N4O2S. The van der Waals surface area contributed by atoms with Crippen LogP contribution in [0.1, 0.15) is 5.56 Å². The number of sulfonamides is 1. The molecule has 7 heteroatoms. The molecule has 2 aromatic rings. The maximum atomic E-state index is 11.8. The summed E-state index contributed by atoms with van der Waals surface area (Å²) in [4.78, 5) is 11.7. The van der Waals surface area contributed by atoms with E-state index in [1.807, 2.05) is 0 Å². The van der Waals surface area contributed by atoms with Crippen molar-refractivity contribution < 1.29 is 8.42 Å². The van der Waals surface area contributed by atoms with Crippen molar-refractivity contribution in [3.05, 3.63) is 48.8 Å². The maximum absolute atomic E-state index is 11.8. The van der Waals surface area contributed by atoms with Gasteiger partial charge in [-0.15, -0.1) is 0 Å². The number of nitrogens with zero attached hydrogens (tertiary/aromatic N) is 3. The van der Waals surface area contributed by atoms with Crippen LogP contribution in [0, 0.1) is 0 Å². The Hall–Kier alpha value is -1.86. The SMILES string of the molecule is O=S(=O)(NCCc1cncnc1)c1cccnc1. The molecule has 2 aromatic heterocycles. The molecular weight excluding hydrogens is 252 g/mol. The quantitative estimate of drug-likeness (QED) is 0.844. The number of nitrogens with one attached hydrogen (secondary N) is 1. The lowest BCUT2D eigenvalue weighted by atomic mass is 10.2. The van der Waals surface area contributed by atoms with Crippen LogP contribution >= 0.6 is 0 Å². The second-order valence-corrected chi connectivity index (χ2v) is 5.35. The summed E-state index contributed by atoms with van der Waals surface area (Å²) in [5.41, 5.74) is 0.881. The van der Waals surface area contributed by atoms with E-state index in [9.17, 15) is 8.42 Å². The van der Waals surface area contributed by atoms with Gasteiger partial charge in [0.1, 0.15) is 11.2 Å². The first-order valence-corrected chi connectivity index (χ1v) is 6.80. The molecule has 1 N–H and O–H groups in total. The molecule has 0 aliphatic heterocycles. The van der Waals surface area contributed by atoms with E-state index < -0.39 is 10.0 Å². The molecule has 0 aliphatic carbocycles. The van der Waals surface area contributed by atoms with E-state index in [0.717, 1.165) is 5.56 Å². The van der Waals surface area contributed by atoms with Crippen LogP contribution in [0.2, 0.25) is 0 Å². The summed E-state index contributed by atoms with van der Waals surface area (Å²) in [5, 5.41) is 0. The van der Waals surface area contributed by atoms with E-state index in [-0.39, 0.29) is 4.90 Å². The summed E-state index contributed by atoms with van der Waals surface area (Å²) < 4.78 is 26.2. The monoisotopic (exact) mass is 264 g/mol. The molecule has 2 rings (SSSR count). The predicted octanol–water partition coefficient (Wildman–Crippen LogP) is 0.393. The Morgan fingerprint density at radius 1 is 1.11 bits per heavy atom. The van der Waals surface area contributed by atoms with Gasteiger partial charge in [-0.25, -0.2) is 23.1 Å². The topological polar surface area (TPSA) is 84.8 Å². The largest absolute Gasteiger partial charge is 0.263 e. The average Bonchev–Trinajstić information content (AvgIpc) is 2.41. The summed E-state index contributed by atoms with van der Waals surface area (Å²) >= 11 is 0. The Morgan fingerprint density at radius 3 is 2.56 bits per heavy atom. The zero-order valence-electron chi connectivity index (χ0n) is 9.52. The zero-order valence-corrected chi connectivity index (χ0v) is 10.3. The van der Waals surface area contributed by atoms with Gasteiger partial charge in [0.15, 0.2) is 0 Å². The maximum Gasteiger partial charge on any atom is 0.242 e. The zero-order chi connectivity index (χ0) is 12.8. The van der Waals surface area contributed by atoms with Gasteiger partial charge in [0.25, 0.3) is 0 Å². The number of pyridine rings is 1. The summed E-state index contributed by atoms with van der Waals surface area (Å²) in [6.07, 6.45) is 8.13. The fourth-order valence-electron chi connectivity index (χ4n) is 1.38. The number of hydrogen-bond acceptors (Lipinski definition) is 5. The lowest BCUT2D eigenvalue weighted by molar-refractivity contribution is 0.581. The van der Waals surface area contributed by atoms with Gasteiger partial charge in [-0.2, -0.15) is 0 Å². The van der Waals surface area contributed by atoms with Crippen molar-refractivity contribution >= 4 is 10.0 Å². The molecule has 0 unspecified atom stereocenters. The summed E-state index contributed by atoms with van der Waals surface area (Å²) in [7, 11) is -3.48. The Labute approximate surface area is 105 Å². The summed E-state index contributed by atoms with van der Waals surface area (Å²) in [5.74, 6) is 0.